The van der Waals surface area contributed by atoms with Crippen LogP contribution in [0.25, 0.3) is 5.52 Å². The molecule has 0 aliphatic rings. The Morgan fingerprint density at radius 3 is 3.00 bits per heavy atom. The molecule has 0 N–H and O–H groups in total. The molecule has 0 saturated heterocycles. The van der Waals surface area contributed by atoms with Crippen LogP contribution >= 0.6 is 0 Å². The highest BCUT2D eigenvalue weighted by atomic mass is 19.1. The maximum atomic E-state index is 12.9. The van der Waals surface area contributed by atoms with Crippen molar-refractivity contribution in [1.29, 1.82) is 0 Å². The molecule has 0 aliphatic heterocycles. The first-order valence-electron chi connectivity index (χ1n) is 4.65. The van der Waals surface area contributed by atoms with E-state index in [4.69, 9.17) is 4.74 Å². The van der Waals surface area contributed by atoms with Gasteiger partial charge < -0.3 is 9.14 Å². The molecule has 78 valence electrons. The molecule has 0 unspecified atom stereocenters. The van der Waals surface area contributed by atoms with Crippen LogP contribution in [0.5, 0.6) is 0 Å². The third kappa shape index (κ3) is 1.70. The molecule has 0 amide bonds. The van der Waals surface area contributed by atoms with E-state index in [0.29, 0.717) is 17.7 Å². The zero-order valence-electron chi connectivity index (χ0n) is 8.24. The first-order chi connectivity index (χ1) is 7.22. The molecule has 0 saturated carbocycles. The van der Waals surface area contributed by atoms with Gasteiger partial charge in [-0.1, -0.05) is 0 Å². The minimum absolute atomic E-state index is 0.331. The first kappa shape index (κ1) is 9.71. The van der Waals surface area contributed by atoms with E-state index >= 15 is 0 Å². The lowest BCUT2D eigenvalue weighted by atomic mass is 10.2. The number of pyridine rings is 1. The molecule has 2 heterocycles. The van der Waals surface area contributed by atoms with Crippen LogP contribution in [0.15, 0.2) is 30.6 Å². The predicted octanol–water partition coefficient (Wildman–Crippen LogP) is 2.26. The second-order valence-electron chi connectivity index (χ2n) is 3.09. The van der Waals surface area contributed by atoms with Crippen LogP contribution < -0.4 is 0 Å². The molecule has 2 aromatic rings. The van der Waals surface area contributed by atoms with Gasteiger partial charge in [-0.15, -0.1) is 0 Å². The van der Waals surface area contributed by atoms with Crippen molar-refractivity contribution in [1.82, 2.24) is 4.40 Å². The number of rotatable bonds is 2. The van der Waals surface area contributed by atoms with Gasteiger partial charge in [0.2, 0.25) is 0 Å². The molecule has 2 rings (SSSR count). The Hall–Kier alpha value is -1.84. The lowest BCUT2D eigenvalue weighted by Gasteiger charge is -2.00. The van der Waals surface area contributed by atoms with Gasteiger partial charge in [0, 0.05) is 12.4 Å². The lowest BCUT2D eigenvalue weighted by molar-refractivity contribution is 0.0529. The topological polar surface area (TPSA) is 30.7 Å². The molecule has 0 spiro atoms. The summed E-state index contributed by atoms with van der Waals surface area (Å²) in [5.41, 5.74) is 1.10. The minimum atomic E-state index is -0.383. The van der Waals surface area contributed by atoms with Crippen LogP contribution in [0.3, 0.4) is 0 Å². The number of hydrogen-bond donors (Lipinski definition) is 0. The summed E-state index contributed by atoms with van der Waals surface area (Å²) in [7, 11) is 0. The number of fused-ring (bicyclic) bond motifs is 1. The van der Waals surface area contributed by atoms with E-state index in [1.807, 2.05) is 0 Å². The molecule has 3 nitrogen and oxygen atoms in total. The largest absolute Gasteiger partial charge is 0.462 e. The highest BCUT2D eigenvalue weighted by Crippen LogP contribution is 2.14. The third-order valence-electron chi connectivity index (χ3n) is 2.11. The smallest absolute Gasteiger partial charge is 0.340 e. The van der Waals surface area contributed by atoms with Crippen LogP contribution in [-0.2, 0) is 4.74 Å². The number of aromatic nitrogens is 1. The Kier molecular flexibility index (Phi) is 2.41. The molecule has 0 fully saturated rings. The van der Waals surface area contributed by atoms with Gasteiger partial charge in [-0.05, 0) is 25.1 Å². The van der Waals surface area contributed by atoms with E-state index in [-0.39, 0.29) is 11.8 Å². The fraction of sp³-hybridized carbons (Fsp3) is 0.182. The van der Waals surface area contributed by atoms with Gasteiger partial charge in [0.15, 0.2) is 0 Å². The molecular formula is C11H10FNO2. The van der Waals surface area contributed by atoms with Crippen molar-refractivity contribution >= 4 is 11.5 Å². The Morgan fingerprint density at radius 1 is 1.47 bits per heavy atom. The van der Waals surface area contributed by atoms with Gasteiger partial charge in [-0.3, -0.25) is 0 Å². The summed E-state index contributed by atoms with van der Waals surface area (Å²) in [6.45, 7) is 2.08. The van der Waals surface area contributed by atoms with Gasteiger partial charge in [0.05, 0.1) is 17.7 Å². The van der Waals surface area contributed by atoms with Gasteiger partial charge in [0.25, 0.3) is 0 Å². The standard InChI is InChI=1S/C11H10FNO2/c1-2-15-11(14)9-5-6-13-7-8(12)3-4-10(9)13/h3-7H,2H2,1H3. The van der Waals surface area contributed by atoms with Crippen LogP contribution in [0.1, 0.15) is 17.3 Å². The number of carbonyl (C=O) groups is 1. The maximum absolute atomic E-state index is 12.9. The molecule has 4 heteroatoms. The lowest BCUT2D eigenvalue weighted by Crippen LogP contribution is -2.03. The van der Waals surface area contributed by atoms with Crippen LogP contribution in [0, 0.1) is 5.82 Å². The summed E-state index contributed by atoms with van der Waals surface area (Å²) in [4.78, 5) is 11.5. The number of ether oxygens (including phenoxy) is 1. The highest BCUT2D eigenvalue weighted by molar-refractivity contribution is 5.97. The van der Waals surface area contributed by atoms with Crippen molar-refractivity contribution in [3.8, 4) is 0 Å². The summed E-state index contributed by atoms with van der Waals surface area (Å²) in [6, 6.07) is 4.49. The molecule has 2 aromatic heterocycles. The maximum Gasteiger partial charge on any atom is 0.340 e. The summed E-state index contributed by atoms with van der Waals surface area (Å²) < 4.78 is 19.3. The van der Waals surface area contributed by atoms with Crippen molar-refractivity contribution in [2.75, 3.05) is 6.61 Å². The number of carbonyl (C=O) groups excluding carboxylic acids is 1. The molecule has 15 heavy (non-hydrogen) atoms. The van der Waals surface area contributed by atoms with E-state index in [9.17, 15) is 9.18 Å². The quantitative estimate of drug-likeness (QED) is 0.707. The van der Waals surface area contributed by atoms with Gasteiger partial charge in [0.1, 0.15) is 5.82 Å². The third-order valence-corrected chi connectivity index (χ3v) is 2.11. The van der Waals surface area contributed by atoms with Crippen LogP contribution in [0.2, 0.25) is 0 Å². The fourth-order valence-electron chi connectivity index (χ4n) is 1.46. The molecule has 0 aliphatic carbocycles. The van der Waals surface area contributed by atoms with E-state index in [1.54, 1.807) is 29.7 Å². The number of halogens is 1. The SMILES string of the molecule is CCOC(=O)c1ccn2cc(F)ccc12. The second kappa shape index (κ2) is 3.73. The fourth-order valence-corrected chi connectivity index (χ4v) is 1.46. The van der Waals surface area contributed by atoms with Gasteiger partial charge in [-0.25, -0.2) is 9.18 Å². The van der Waals surface area contributed by atoms with Crippen molar-refractivity contribution in [3.63, 3.8) is 0 Å². The van der Waals surface area contributed by atoms with Gasteiger partial charge >= 0.3 is 5.97 Å². The zero-order chi connectivity index (χ0) is 10.8. The molecule has 0 aromatic carbocycles. The minimum Gasteiger partial charge on any atom is -0.462 e. The normalized spacial score (nSPS) is 10.5. The average Bonchev–Trinajstić information content (AvgIpc) is 2.60. The molecular weight excluding hydrogens is 197 g/mol. The summed E-state index contributed by atoms with van der Waals surface area (Å²) in [6.07, 6.45) is 2.95. The Morgan fingerprint density at radius 2 is 2.27 bits per heavy atom. The van der Waals surface area contributed by atoms with E-state index in [2.05, 4.69) is 0 Å². The second-order valence-corrected chi connectivity index (χ2v) is 3.09. The van der Waals surface area contributed by atoms with Crippen molar-refractivity contribution in [2.45, 2.75) is 6.92 Å². The monoisotopic (exact) mass is 207 g/mol. The number of nitrogens with zero attached hydrogens (tertiary/aromatic N) is 1. The summed E-state index contributed by atoms with van der Waals surface area (Å²) in [5.74, 6) is -0.722. The van der Waals surface area contributed by atoms with Crippen molar-refractivity contribution in [2.24, 2.45) is 0 Å². The van der Waals surface area contributed by atoms with E-state index < -0.39 is 0 Å². The summed E-state index contributed by atoms with van der Waals surface area (Å²) >= 11 is 0. The van der Waals surface area contributed by atoms with Gasteiger partial charge in [-0.2, -0.15) is 0 Å². The molecule has 0 atom stereocenters. The molecule has 0 bridgehead atoms. The van der Waals surface area contributed by atoms with Crippen LogP contribution in [-0.4, -0.2) is 17.0 Å². The highest BCUT2D eigenvalue weighted by Gasteiger charge is 2.11. The molecule has 0 radical (unpaired) electrons. The van der Waals surface area contributed by atoms with Crippen LogP contribution in [0.4, 0.5) is 4.39 Å². The number of hydrogen-bond acceptors (Lipinski definition) is 2. The number of esters is 1. The Balaban J connectivity index is 2.49. The average molecular weight is 207 g/mol. The Bertz CT molecular complexity index is 504. The predicted molar refractivity (Wildman–Crippen MR) is 53.3 cm³/mol. The van der Waals surface area contributed by atoms with E-state index in [0.717, 1.165) is 0 Å². The van der Waals surface area contributed by atoms with Crippen molar-refractivity contribution < 1.29 is 13.9 Å². The summed E-state index contributed by atoms with van der Waals surface area (Å²) in [5, 5.41) is 0. The van der Waals surface area contributed by atoms with Crippen molar-refractivity contribution in [3.05, 3.63) is 42.0 Å². The van der Waals surface area contributed by atoms with E-state index in [1.165, 1.54) is 12.3 Å². The first-order valence-corrected chi connectivity index (χ1v) is 4.65. The zero-order valence-corrected chi connectivity index (χ0v) is 8.24. The Labute approximate surface area is 86.1 Å².